The van der Waals surface area contributed by atoms with Gasteiger partial charge in [0.1, 0.15) is 0 Å². The second kappa shape index (κ2) is 4.81. The smallest absolute Gasteiger partial charge is 0.233 e. The van der Waals surface area contributed by atoms with Gasteiger partial charge in [0.25, 0.3) is 0 Å². The standard InChI is InChI=1S/C10H16N2O2S/c1-13-9-8(10(14-2)15-12-9)6-11-7-4-3-5-7/h7,11H,3-6H2,1-2H3. The molecule has 0 aromatic carbocycles. The van der Waals surface area contributed by atoms with Gasteiger partial charge in [-0.05, 0) is 12.8 Å². The lowest BCUT2D eigenvalue weighted by Gasteiger charge is -2.26. The van der Waals surface area contributed by atoms with Crippen molar-refractivity contribution in [3.8, 4) is 10.9 Å². The summed E-state index contributed by atoms with van der Waals surface area (Å²) in [5, 5.41) is 4.32. The third kappa shape index (κ3) is 2.23. The number of rotatable bonds is 5. The van der Waals surface area contributed by atoms with E-state index in [2.05, 4.69) is 9.69 Å². The second-order valence-corrected chi connectivity index (χ2v) is 4.41. The van der Waals surface area contributed by atoms with Crippen LogP contribution < -0.4 is 14.8 Å². The zero-order valence-corrected chi connectivity index (χ0v) is 9.89. The average molecular weight is 228 g/mol. The fraction of sp³-hybridized carbons (Fsp3) is 0.700. The number of hydrogen-bond acceptors (Lipinski definition) is 5. The monoisotopic (exact) mass is 228 g/mol. The molecule has 1 N–H and O–H groups in total. The largest absolute Gasteiger partial charge is 0.486 e. The highest BCUT2D eigenvalue weighted by atomic mass is 32.1. The molecule has 4 nitrogen and oxygen atoms in total. The highest BCUT2D eigenvalue weighted by Crippen LogP contribution is 2.32. The van der Waals surface area contributed by atoms with E-state index in [1.807, 2.05) is 0 Å². The predicted octanol–water partition coefficient (Wildman–Crippen LogP) is 1.80. The van der Waals surface area contributed by atoms with E-state index in [4.69, 9.17) is 9.47 Å². The molecule has 0 saturated heterocycles. The lowest BCUT2D eigenvalue weighted by molar-refractivity contribution is 0.329. The van der Waals surface area contributed by atoms with Gasteiger partial charge in [-0.1, -0.05) is 6.42 Å². The third-order valence-corrected chi connectivity index (χ3v) is 3.60. The Morgan fingerprint density at radius 2 is 2.20 bits per heavy atom. The third-order valence-electron chi connectivity index (χ3n) is 2.77. The lowest BCUT2D eigenvalue weighted by atomic mass is 9.93. The van der Waals surface area contributed by atoms with E-state index in [-0.39, 0.29) is 0 Å². The summed E-state index contributed by atoms with van der Waals surface area (Å²) in [6, 6.07) is 0.666. The predicted molar refractivity (Wildman–Crippen MR) is 59.7 cm³/mol. The molecule has 15 heavy (non-hydrogen) atoms. The number of hydrogen-bond donors (Lipinski definition) is 1. The van der Waals surface area contributed by atoms with Crippen LogP contribution in [-0.4, -0.2) is 24.6 Å². The van der Waals surface area contributed by atoms with Crippen molar-refractivity contribution >= 4 is 11.5 Å². The Kier molecular flexibility index (Phi) is 3.43. The van der Waals surface area contributed by atoms with Gasteiger partial charge in [-0.3, -0.25) is 0 Å². The summed E-state index contributed by atoms with van der Waals surface area (Å²) < 4.78 is 14.6. The molecule has 5 heteroatoms. The first kappa shape index (κ1) is 10.7. The summed E-state index contributed by atoms with van der Waals surface area (Å²) in [6.07, 6.45) is 3.90. The van der Waals surface area contributed by atoms with Gasteiger partial charge in [-0.25, -0.2) is 0 Å². The van der Waals surface area contributed by atoms with Crippen molar-refractivity contribution in [1.29, 1.82) is 0 Å². The van der Waals surface area contributed by atoms with Crippen LogP contribution in [0.1, 0.15) is 24.8 Å². The Labute approximate surface area is 93.8 Å². The van der Waals surface area contributed by atoms with Crippen LogP contribution >= 0.6 is 11.5 Å². The Morgan fingerprint density at radius 1 is 1.40 bits per heavy atom. The van der Waals surface area contributed by atoms with Gasteiger partial charge in [0, 0.05) is 24.1 Å². The van der Waals surface area contributed by atoms with Gasteiger partial charge in [0.15, 0.2) is 0 Å². The van der Waals surface area contributed by atoms with Gasteiger partial charge in [0.2, 0.25) is 10.9 Å². The topological polar surface area (TPSA) is 43.4 Å². The van der Waals surface area contributed by atoms with E-state index >= 15 is 0 Å². The van der Waals surface area contributed by atoms with Gasteiger partial charge in [-0.2, -0.15) is 4.37 Å². The Morgan fingerprint density at radius 3 is 2.73 bits per heavy atom. The number of ether oxygens (including phenoxy) is 2. The van der Waals surface area contributed by atoms with Gasteiger partial charge >= 0.3 is 0 Å². The molecule has 1 saturated carbocycles. The Bertz CT molecular complexity index is 302. The summed E-state index contributed by atoms with van der Waals surface area (Å²) >= 11 is 1.34. The highest BCUT2D eigenvalue weighted by molar-refractivity contribution is 7.08. The van der Waals surface area contributed by atoms with Crippen molar-refractivity contribution < 1.29 is 9.47 Å². The summed E-state index contributed by atoms with van der Waals surface area (Å²) in [4.78, 5) is 0. The highest BCUT2D eigenvalue weighted by Gasteiger charge is 2.20. The van der Waals surface area contributed by atoms with E-state index in [1.54, 1.807) is 14.2 Å². The molecule has 0 aliphatic heterocycles. The molecule has 1 aliphatic carbocycles. The molecule has 1 aromatic rings. The van der Waals surface area contributed by atoms with E-state index in [0.29, 0.717) is 11.9 Å². The lowest BCUT2D eigenvalue weighted by Crippen LogP contribution is -2.34. The summed E-state index contributed by atoms with van der Waals surface area (Å²) in [5.41, 5.74) is 1.04. The first-order valence-electron chi connectivity index (χ1n) is 5.15. The first-order valence-corrected chi connectivity index (χ1v) is 5.92. The minimum atomic E-state index is 0.666. The fourth-order valence-corrected chi connectivity index (χ4v) is 2.30. The molecular formula is C10H16N2O2S. The molecule has 1 heterocycles. The minimum absolute atomic E-state index is 0.666. The van der Waals surface area contributed by atoms with Gasteiger partial charge in [0.05, 0.1) is 19.8 Å². The number of nitrogens with one attached hydrogen (secondary N) is 1. The van der Waals surface area contributed by atoms with Crippen LogP contribution in [0.5, 0.6) is 10.9 Å². The first-order chi connectivity index (χ1) is 7.35. The Balaban J connectivity index is 1.99. The minimum Gasteiger partial charge on any atom is -0.486 e. The van der Waals surface area contributed by atoms with Crippen LogP contribution in [-0.2, 0) is 6.54 Å². The summed E-state index contributed by atoms with van der Waals surface area (Å²) in [6.45, 7) is 0.785. The fourth-order valence-electron chi connectivity index (χ4n) is 1.61. The molecule has 0 atom stereocenters. The number of methoxy groups -OCH3 is 2. The molecule has 1 fully saturated rings. The maximum absolute atomic E-state index is 5.25. The number of aromatic nitrogens is 1. The van der Waals surface area contributed by atoms with Crippen LogP contribution in [0.4, 0.5) is 0 Å². The SMILES string of the molecule is COc1nsc(OC)c1CNC1CCC1. The van der Waals surface area contributed by atoms with Crippen molar-refractivity contribution in [1.82, 2.24) is 9.69 Å². The Hall–Kier alpha value is -0.810. The number of nitrogens with zero attached hydrogens (tertiary/aromatic N) is 1. The van der Waals surface area contributed by atoms with Crippen LogP contribution in [0, 0.1) is 0 Å². The molecule has 0 bridgehead atoms. The maximum atomic E-state index is 5.25. The molecule has 0 radical (unpaired) electrons. The van der Waals surface area contributed by atoms with Crippen molar-refractivity contribution in [2.24, 2.45) is 0 Å². The van der Waals surface area contributed by atoms with Crippen LogP contribution in [0.15, 0.2) is 0 Å². The normalized spacial score (nSPS) is 16.1. The molecule has 2 rings (SSSR count). The molecule has 1 aromatic heterocycles. The van der Waals surface area contributed by atoms with Crippen LogP contribution in [0.2, 0.25) is 0 Å². The summed E-state index contributed by atoms with van der Waals surface area (Å²) in [5.74, 6) is 0.684. The van der Waals surface area contributed by atoms with Crippen LogP contribution in [0.25, 0.3) is 0 Å². The van der Waals surface area contributed by atoms with Crippen molar-refractivity contribution in [3.05, 3.63) is 5.56 Å². The molecular weight excluding hydrogens is 212 g/mol. The van der Waals surface area contributed by atoms with E-state index in [1.165, 1.54) is 30.8 Å². The molecule has 84 valence electrons. The molecule has 0 spiro atoms. The van der Waals surface area contributed by atoms with Crippen molar-refractivity contribution in [3.63, 3.8) is 0 Å². The maximum Gasteiger partial charge on any atom is 0.233 e. The van der Waals surface area contributed by atoms with Gasteiger partial charge in [-0.15, -0.1) is 0 Å². The van der Waals surface area contributed by atoms with Crippen LogP contribution in [0.3, 0.4) is 0 Å². The van der Waals surface area contributed by atoms with Crippen molar-refractivity contribution in [2.75, 3.05) is 14.2 Å². The zero-order valence-electron chi connectivity index (χ0n) is 9.08. The molecule has 1 aliphatic rings. The molecule has 0 amide bonds. The van der Waals surface area contributed by atoms with E-state index in [9.17, 15) is 0 Å². The zero-order chi connectivity index (χ0) is 10.7. The summed E-state index contributed by atoms with van der Waals surface area (Å²) in [7, 11) is 3.31. The second-order valence-electron chi connectivity index (χ2n) is 3.67. The quantitative estimate of drug-likeness (QED) is 0.834. The van der Waals surface area contributed by atoms with Gasteiger partial charge < -0.3 is 14.8 Å². The van der Waals surface area contributed by atoms with Crippen molar-refractivity contribution in [2.45, 2.75) is 31.8 Å². The average Bonchev–Trinajstić information content (AvgIpc) is 2.58. The van der Waals surface area contributed by atoms with E-state index < -0.39 is 0 Å². The molecule has 0 unspecified atom stereocenters. The van der Waals surface area contributed by atoms with E-state index in [0.717, 1.165) is 17.2 Å².